The number of phenols is 1. The minimum atomic E-state index is -0.567. The van der Waals surface area contributed by atoms with Crippen LogP contribution in [0.25, 0.3) is 0 Å². The molecule has 0 aliphatic carbocycles. The van der Waals surface area contributed by atoms with Crippen LogP contribution in [0.3, 0.4) is 0 Å². The lowest BCUT2D eigenvalue weighted by Gasteiger charge is -2.19. The predicted molar refractivity (Wildman–Crippen MR) is 63.0 cm³/mol. The Bertz CT molecular complexity index is 391. The zero-order valence-electron chi connectivity index (χ0n) is 9.48. The van der Waals surface area contributed by atoms with E-state index in [2.05, 4.69) is 4.90 Å². The van der Waals surface area contributed by atoms with Crippen molar-refractivity contribution in [3.8, 4) is 5.75 Å². The summed E-state index contributed by atoms with van der Waals surface area (Å²) in [6.45, 7) is 4.21. The molecule has 1 aromatic carbocycles. The maximum Gasteiger partial charge on any atom is 0.138 e. The Balaban J connectivity index is 2.02. The van der Waals surface area contributed by atoms with Gasteiger partial charge in [0.25, 0.3) is 0 Å². The monoisotopic (exact) mass is 222 g/mol. The summed E-state index contributed by atoms with van der Waals surface area (Å²) in [7, 11) is 0. The summed E-state index contributed by atoms with van der Waals surface area (Å²) < 4.78 is 0. The first-order chi connectivity index (χ1) is 7.46. The van der Waals surface area contributed by atoms with Gasteiger partial charge >= 0.3 is 0 Å². The average molecular weight is 222 g/mol. The van der Waals surface area contributed by atoms with Crippen LogP contribution in [-0.2, 0) is 6.54 Å². The second kappa shape index (κ2) is 3.96. The van der Waals surface area contributed by atoms with Crippen molar-refractivity contribution < 1.29 is 10.2 Å². The molecule has 1 saturated heterocycles. The lowest BCUT2D eigenvalue weighted by Crippen LogP contribution is -2.29. The number of benzene rings is 1. The molecule has 1 heterocycles. The fraction of sp³-hybridized carbons (Fsp3) is 0.500. The van der Waals surface area contributed by atoms with Crippen molar-refractivity contribution >= 4 is 5.69 Å². The Morgan fingerprint density at radius 2 is 2.25 bits per heavy atom. The molecule has 1 unspecified atom stereocenters. The van der Waals surface area contributed by atoms with E-state index in [1.807, 2.05) is 13.0 Å². The molecule has 0 bridgehead atoms. The summed E-state index contributed by atoms with van der Waals surface area (Å²) in [5, 5.41) is 19.1. The summed E-state index contributed by atoms with van der Waals surface area (Å²) >= 11 is 0. The lowest BCUT2D eigenvalue weighted by molar-refractivity contribution is 0.0679. The third-order valence-electron chi connectivity index (χ3n) is 3.03. The molecule has 0 saturated carbocycles. The van der Waals surface area contributed by atoms with Gasteiger partial charge in [-0.25, -0.2) is 0 Å². The maximum absolute atomic E-state index is 9.84. The lowest BCUT2D eigenvalue weighted by atomic mass is 10.1. The molecule has 0 radical (unpaired) electrons. The topological polar surface area (TPSA) is 69.7 Å². The van der Waals surface area contributed by atoms with Crippen molar-refractivity contribution in [3.05, 3.63) is 23.8 Å². The predicted octanol–water partition coefficient (Wildman–Crippen LogP) is 0.931. The van der Waals surface area contributed by atoms with Crippen LogP contribution in [0.5, 0.6) is 5.75 Å². The molecule has 0 amide bonds. The number of rotatable bonds is 2. The van der Waals surface area contributed by atoms with Crippen LogP contribution in [0.2, 0.25) is 0 Å². The quantitative estimate of drug-likeness (QED) is 0.514. The van der Waals surface area contributed by atoms with Crippen LogP contribution >= 0.6 is 0 Å². The molecule has 1 aromatic rings. The first-order valence-corrected chi connectivity index (χ1v) is 5.48. The SMILES string of the molecule is CC1(O)CCN(Cc2ccc(O)c(N)c2)C1. The number of likely N-dealkylation sites (tertiary alicyclic amines) is 1. The average Bonchev–Trinajstić information content (AvgIpc) is 2.52. The number of nitrogens with two attached hydrogens (primary N) is 1. The Morgan fingerprint density at radius 3 is 2.81 bits per heavy atom. The Labute approximate surface area is 95.3 Å². The van der Waals surface area contributed by atoms with E-state index in [0.717, 1.165) is 25.1 Å². The number of hydrogen-bond donors (Lipinski definition) is 3. The number of β-amino-alcohol motifs (C(OH)–C–C–N with tert-alkyl or cyclic N) is 1. The molecule has 2 rings (SSSR count). The second-order valence-corrected chi connectivity index (χ2v) is 4.85. The highest BCUT2D eigenvalue weighted by Gasteiger charge is 2.30. The van der Waals surface area contributed by atoms with Crippen LogP contribution in [0.4, 0.5) is 5.69 Å². The van der Waals surface area contributed by atoms with Crippen LogP contribution in [0.15, 0.2) is 18.2 Å². The van der Waals surface area contributed by atoms with E-state index in [1.54, 1.807) is 12.1 Å². The number of phenolic OH excluding ortho intramolecular Hbond substituents is 1. The van der Waals surface area contributed by atoms with Gasteiger partial charge in [-0.05, 0) is 31.0 Å². The smallest absolute Gasteiger partial charge is 0.138 e. The highest BCUT2D eigenvalue weighted by atomic mass is 16.3. The first-order valence-electron chi connectivity index (χ1n) is 5.48. The van der Waals surface area contributed by atoms with Crippen molar-refractivity contribution in [2.24, 2.45) is 0 Å². The summed E-state index contributed by atoms with van der Waals surface area (Å²) in [6, 6.07) is 5.25. The minimum absolute atomic E-state index is 0.122. The third-order valence-corrected chi connectivity index (χ3v) is 3.03. The highest BCUT2D eigenvalue weighted by molar-refractivity contribution is 5.53. The number of nitrogens with zero attached hydrogens (tertiary/aromatic N) is 1. The molecule has 1 atom stereocenters. The first kappa shape index (κ1) is 11.2. The third kappa shape index (κ3) is 2.46. The molecule has 16 heavy (non-hydrogen) atoms. The van der Waals surface area contributed by atoms with Gasteiger partial charge in [0.05, 0.1) is 11.3 Å². The van der Waals surface area contributed by atoms with Gasteiger partial charge in [0.1, 0.15) is 5.75 Å². The molecule has 4 N–H and O–H groups in total. The van der Waals surface area contributed by atoms with Crippen LogP contribution in [0, 0.1) is 0 Å². The van der Waals surface area contributed by atoms with Crippen molar-refractivity contribution in [2.45, 2.75) is 25.5 Å². The number of aliphatic hydroxyl groups is 1. The van der Waals surface area contributed by atoms with Gasteiger partial charge in [-0.15, -0.1) is 0 Å². The molecule has 4 nitrogen and oxygen atoms in total. The highest BCUT2D eigenvalue weighted by Crippen LogP contribution is 2.25. The number of anilines is 1. The van der Waals surface area contributed by atoms with Gasteiger partial charge in [-0.3, -0.25) is 4.90 Å². The number of nitrogen functional groups attached to an aromatic ring is 1. The van der Waals surface area contributed by atoms with Crippen LogP contribution < -0.4 is 5.73 Å². The van der Waals surface area contributed by atoms with E-state index in [4.69, 9.17) is 5.73 Å². The van der Waals surface area contributed by atoms with Gasteiger partial charge in [0, 0.05) is 19.6 Å². The van der Waals surface area contributed by atoms with E-state index in [1.165, 1.54) is 0 Å². The largest absolute Gasteiger partial charge is 0.506 e. The molecule has 4 heteroatoms. The fourth-order valence-corrected chi connectivity index (χ4v) is 2.13. The summed E-state index contributed by atoms with van der Waals surface area (Å²) in [5.74, 6) is 0.122. The van der Waals surface area contributed by atoms with E-state index in [-0.39, 0.29) is 5.75 Å². The molecule has 1 fully saturated rings. The minimum Gasteiger partial charge on any atom is -0.506 e. The number of aromatic hydroxyl groups is 1. The van der Waals surface area contributed by atoms with Crippen LogP contribution in [0.1, 0.15) is 18.9 Å². The van der Waals surface area contributed by atoms with E-state index in [0.29, 0.717) is 12.2 Å². The van der Waals surface area contributed by atoms with Gasteiger partial charge in [-0.1, -0.05) is 6.07 Å². The van der Waals surface area contributed by atoms with Gasteiger partial charge < -0.3 is 15.9 Å². The van der Waals surface area contributed by atoms with Crippen molar-refractivity contribution in [1.82, 2.24) is 4.90 Å². The zero-order valence-corrected chi connectivity index (χ0v) is 9.48. The van der Waals surface area contributed by atoms with E-state index < -0.39 is 5.60 Å². The van der Waals surface area contributed by atoms with Crippen LogP contribution in [-0.4, -0.2) is 33.8 Å². The summed E-state index contributed by atoms with van der Waals surface area (Å²) in [6.07, 6.45) is 0.806. The molecule has 88 valence electrons. The summed E-state index contributed by atoms with van der Waals surface area (Å²) in [4.78, 5) is 2.19. The standard InChI is InChI=1S/C12H18N2O2/c1-12(16)4-5-14(8-12)7-9-2-3-11(15)10(13)6-9/h2-3,6,15-16H,4-5,7-8,13H2,1H3. The zero-order chi connectivity index (χ0) is 11.8. The molecule has 0 spiro atoms. The maximum atomic E-state index is 9.84. The van der Waals surface area contributed by atoms with Crippen molar-refractivity contribution in [2.75, 3.05) is 18.8 Å². The van der Waals surface area contributed by atoms with Crippen molar-refractivity contribution in [3.63, 3.8) is 0 Å². The van der Waals surface area contributed by atoms with Gasteiger partial charge in [0.15, 0.2) is 0 Å². The van der Waals surface area contributed by atoms with Gasteiger partial charge in [0.2, 0.25) is 0 Å². The van der Waals surface area contributed by atoms with E-state index >= 15 is 0 Å². The normalized spacial score (nSPS) is 26.1. The van der Waals surface area contributed by atoms with E-state index in [9.17, 15) is 10.2 Å². The molecular formula is C12H18N2O2. The Morgan fingerprint density at radius 1 is 1.50 bits per heavy atom. The molecule has 1 aliphatic heterocycles. The molecule has 1 aliphatic rings. The molecule has 0 aromatic heterocycles. The Kier molecular flexibility index (Phi) is 2.78. The fourth-order valence-electron chi connectivity index (χ4n) is 2.13. The molecular weight excluding hydrogens is 204 g/mol. The Hall–Kier alpha value is -1.26. The second-order valence-electron chi connectivity index (χ2n) is 4.85. The van der Waals surface area contributed by atoms with Crippen molar-refractivity contribution in [1.29, 1.82) is 0 Å². The van der Waals surface area contributed by atoms with Gasteiger partial charge in [-0.2, -0.15) is 0 Å². The number of hydrogen-bond acceptors (Lipinski definition) is 4. The summed E-state index contributed by atoms with van der Waals surface area (Å²) in [5.41, 5.74) is 6.53.